The molecule has 5 fully saturated rings. The molecule has 7 aromatic rings. The summed E-state index contributed by atoms with van der Waals surface area (Å²) >= 11 is 44.3. The van der Waals surface area contributed by atoms with Crippen LogP contribution in [0, 0.1) is 83.6 Å². The lowest BCUT2D eigenvalue weighted by Crippen LogP contribution is -2.49. The van der Waals surface area contributed by atoms with E-state index in [1.54, 1.807) is 145 Å². The summed E-state index contributed by atoms with van der Waals surface area (Å²) in [6.45, 7) is 15.7. The van der Waals surface area contributed by atoms with E-state index in [-0.39, 0.29) is 31.3 Å². The van der Waals surface area contributed by atoms with Crippen molar-refractivity contribution in [2.75, 3.05) is 106 Å². The average molecular weight is 1980 g/mol. The van der Waals surface area contributed by atoms with Gasteiger partial charge in [0.15, 0.2) is 36.4 Å². The first-order chi connectivity index (χ1) is 61.7. The van der Waals surface area contributed by atoms with Crippen LogP contribution in [0.4, 0.5) is 0 Å². The number of aromatic nitrogens is 7. The fourth-order valence-corrected chi connectivity index (χ4v) is 14.3. The molecular formula is C73H88Cl7N33O13S3. The number of guanidine groups is 3. The number of thiazole rings is 1. The molecule has 12 rings (SSSR count). The zero-order chi connectivity index (χ0) is 94.7. The predicted octanol–water partition coefficient (Wildman–Crippen LogP) is 11.1. The molecule has 0 atom stereocenters. The van der Waals surface area contributed by atoms with Gasteiger partial charge in [0, 0.05) is 180 Å². The second-order valence-electron chi connectivity index (χ2n) is 25.9. The molecule has 0 radical (unpaired) electrons. The van der Waals surface area contributed by atoms with Crippen LogP contribution in [-0.4, -0.2) is 238 Å². The first kappa shape index (κ1) is 107. The first-order valence-corrected chi connectivity index (χ1v) is 43.3. The third-order valence-electron chi connectivity index (χ3n) is 16.8. The van der Waals surface area contributed by atoms with Crippen molar-refractivity contribution >= 4 is 145 Å². The minimum absolute atomic E-state index is 0.243. The molecular weight excluding hydrogens is 1890 g/mol. The summed E-state index contributed by atoms with van der Waals surface area (Å²) < 4.78 is 5.72. The average Bonchev–Trinajstić information content (AvgIpc) is 1.81. The number of nitriles is 2. The fraction of sp³-hybridized carbons (Fsp3) is 0.370. The van der Waals surface area contributed by atoms with Gasteiger partial charge in [0.25, 0.3) is 36.5 Å². The Balaban J connectivity index is 0.000000262. The molecule has 690 valence electrons. The summed E-state index contributed by atoms with van der Waals surface area (Å²) in [4.78, 5) is 111. The smallest absolute Gasteiger partial charge is 0.277 e. The van der Waals surface area contributed by atoms with Crippen LogP contribution in [0.5, 0.6) is 0 Å². The normalized spacial score (nSPS) is 15.4. The number of halogens is 7. The van der Waals surface area contributed by atoms with Crippen molar-refractivity contribution in [2.45, 2.75) is 73.0 Å². The molecule has 0 aromatic carbocycles. The highest BCUT2D eigenvalue weighted by Crippen LogP contribution is 2.24. The van der Waals surface area contributed by atoms with Gasteiger partial charge in [0.2, 0.25) is 12.4 Å². The lowest BCUT2D eigenvalue weighted by molar-refractivity contribution is -0.486. The van der Waals surface area contributed by atoms with Gasteiger partial charge in [-0.2, -0.15) is 15.5 Å². The molecule has 129 heavy (non-hydrogen) atoms. The third kappa shape index (κ3) is 42.8. The van der Waals surface area contributed by atoms with Gasteiger partial charge in [-0.1, -0.05) is 129 Å². The SMILES string of the molecule is CC(=NC#N)N(C)Cc1ccc(Cl)nc1.CCN(Cc1ccc(Cl)nc1)/C(=C/[N+](=O)[O-])NC.CCN(Cc1ccc(Cl)nc1)/C(=C/[N+](=O)[O-])NC.CN1COCN(Cc2cnc(Cl)s2)/C1=N/[N+](=O)[O-].N#CN=C1SCCN1Cc1ccc(Cl)nc1.O=[N+]([O-])/C=C1/NCCCS1.O=[N+]([O-])/N=C1\NCCN1Cc1ccc(Cl)nc1.O=[N+]([O-])/N=C1\NCCN1Cc1ccc(Cl)nc1. The monoisotopic (exact) mass is 1980 g/mol. The highest BCUT2D eigenvalue weighted by Gasteiger charge is 2.28. The summed E-state index contributed by atoms with van der Waals surface area (Å²) in [5.41, 5.74) is 5.81. The van der Waals surface area contributed by atoms with E-state index in [9.17, 15) is 60.7 Å². The molecule has 0 unspecified atom stereocenters. The summed E-state index contributed by atoms with van der Waals surface area (Å²) in [5.74, 6) is 4.36. The number of thioether (sulfide) groups is 2. The van der Waals surface area contributed by atoms with E-state index in [2.05, 4.69) is 91.7 Å². The van der Waals surface area contributed by atoms with E-state index in [1.165, 1.54) is 23.1 Å². The van der Waals surface area contributed by atoms with Crippen molar-refractivity contribution in [2.24, 2.45) is 25.3 Å². The maximum atomic E-state index is 10.5. The van der Waals surface area contributed by atoms with Gasteiger partial charge in [-0.05, 0) is 97.0 Å². The van der Waals surface area contributed by atoms with Crippen molar-refractivity contribution in [1.82, 2.24) is 101 Å². The molecule has 46 nitrogen and oxygen atoms in total. The van der Waals surface area contributed by atoms with E-state index < -0.39 is 29.9 Å². The van der Waals surface area contributed by atoms with E-state index in [1.807, 2.05) is 78.2 Å². The Kier molecular flexibility index (Phi) is 48.9. The highest BCUT2D eigenvalue weighted by atomic mass is 35.5. The Hall–Kier alpha value is -12.4. The minimum Gasteiger partial charge on any atom is -0.375 e. The minimum atomic E-state index is -0.718. The Morgan fingerprint density at radius 3 is 1.30 bits per heavy atom. The van der Waals surface area contributed by atoms with Crippen LogP contribution in [0.15, 0.2) is 177 Å². The molecule has 5 saturated heterocycles. The van der Waals surface area contributed by atoms with E-state index >= 15 is 0 Å². The molecule has 0 bridgehead atoms. The number of rotatable bonds is 26. The van der Waals surface area contributed by atoms with Gasteiger partial charge < -0.3 is 70.5 Å². The molecule has 0 saturated carbocycles. The molecule has 5 aliphatic heterocycles. The number of nitro groups is 6. The lowest BCUT2D eigenvalue weighted by atomic mass is 10.2. The van der Waals surface area contributed by atoms with Gasteiger partial charge in [-0.3, -0.25) is 30.3 Å². The van der Waals surface area contributed by atoms with Crippen LogP contribution >= 0.6 is 116 Å². The molecule has 7 aromatic heterocycles. The summed E-state index contributed by atoms with van der Waals surface area (Å²) in [7, 11) is 6.84. The number of ether oxygens (including phenoxy) is 1. The van der Waals surface area contributed by atoms with Crippen LogP contribution in [0.3, 0.4) is 0 Å². The zero-order valence-corrected chi connectivity index (χ0v) is 77.8. The molecule has 5 N–H and O–H groups in total. The summed E-state index contributed by atoms with van der Waals surface area (Å²) in [6, 6.07) is 21.4. The molecule has 56 heteroatoms. The number of hydrogen-bond acceptors (Lipinski definition) is 32. The van der Waals surface area contributed by atoms with Crippen molar-refractivity contribution in [3.8, 4) is 12.4 Å². The Morgan fingerprint density at radius 1 is 0.527 bits per heavy atom. The number of pyridine rings is 6. The van der Waals surface area contributed by atoms with Crippen molar-refractivity contribution < 1.29 is 34.6 Å². The van der Waals surface area contributed by atoms with Crippen molar-refractivity contribution in [3.05, 3.63) is 286 Å². The van der Waals surface area contributed by atoms with Gasteiger partial charge in [0.05, 0.1) is 21.3 Å². The van der Waals surface area contributed by atoms with Crippen molar-refractivity contribution in [1.29, 1.82) is 10.5 Å². The van der Waals surface area contributed by atoms with Crippen LogP contribution in [0.25, 0.3) is 0 Å². The molecule has 5 aliphatic rings. The first-order valence-electron chi connectivity index (χ1n) is 37.9. The number of hydrogen-bond donors (Lipinski definition) is 5. The number of nitrogens with one attached hydrogen (secondary N) is 5. The summed E-state index contributed by atoms with van der Waals surface area (Å²) in [5, 5.41) is 105. The van der Waals surface area contributed by atoms with Gasteiger partial charge in [-0.15, -0.1) is 28.1 Å². The Morgan fingerprint density at radius 2 is 0.953 bits per heavy atom. The number of nitrogens with zero attached hydrogens (tertiary/aromatic N) is 28. The second-order valence-corrected chi connectivity index (χ2v) is 32.2. The van der Waals surface area contributed by atoms with E-state index in [0.717, 1.165) is 99.6 Å². The van der Waals surface area contributed by atoms with Crippen LogP contribution in [-0.2, 0) is 50.6 Å². The van der Waals surface area contributed by atoms with Crippen LogP contribution in [0.1, 0.15) is 65.4 Å². The lowest BCUT2D eigenvalue weighted by Gasteiger charge is -2.34. The molecule has 0 amide bonds. The topological polar surface area (TPSA) is 554 Å². The number of amidine groups is 2. The largest absolute Gasteiger partial charge is 0.375 e. The predicted molar refractivity (Wildman–Crippen MR) is 494 cm³/mol. The maximum Gasteiger partial charge on any atom is 0.277 e. The maximum absolute atomic E-state index is 10.5. The molecule has 0 spiro atoms. The molecule has 12 heterocycles. The standard InChI is InChI=1S/2C11H15ClN4O2.C10H9ClN4S.C10H11ClN4.2C9H10ClN5O2.C8H10ClN5O3S.C5H8N2O2S/c2*1-3-15(11(13-2)8-16(17)18)7-9-4-5-10(12)14-6-9;11-9-2-1-8(5-13-9)6-15-3-4-16-10(15)14-7-12;1-8(14-7-12)15(2)6-9-3-4-10(11)13-5-9;2*10-8-2-1-7(5-12-8)6-14-4-3-11-9(14)13-15(16)17;1-12-4-17-5-13(8(12)11-14(15)16)3-6-2-10-7(9)18-6;8-7(9)4-5-6-2-1-3-10-5/h2*4-6,8,13H,3,7H2,1-2H3;1-2,5H,3-4,6H2;3-5H,6H2,1-2H3;2*1-2,5H,3-4,6H2,(H,11,13);2H,3-5H2,1H3;4,6H,1-3H2/b2*11-8+;;;;;11-8+;5-4-. The Labute approximate surface area is 787 Å². The third-order valence-corrected chi connectivity index (χ3v) is 21.3. The number of hydrazone groups is 3. The number of aliphatic imine (C=N–C) groups is 2. The van der Waals surface area contributed by atoms with Gasteiger partial charge in [-0.25, -0.2) is 65.2 Å². The highest BCUT2D eigenvalue weighted by molar-refractivity contribution is 8.14. The van der Waals surface area contributed by atoms with Gasteiger partial charge >= 0.3 is 0 Å². The quantitative estimate of drug-likeness (QED) is 0.00839. The van der Waals surface area contributed by atoms with E-state index in [0.29, 0.717) is 136 Å². The van der Waals surface area contributed by atoms with Crippen LogP contribution < -0.4 is 26.6 Å². The van der Waals surface area contributed by atoms with Gasteiger partial charge in [0.1, 0.15) is 70.5 Å². The molecule has 0 aliphatic carbocycles. The summed E-state index contributed by atoms with van der Waals surface area (Å²) in [6.07, 6.45) is 19.3. The fourth-order valence-electron chi connectivity index (χ4n) is 10.8. The zero-order valence-electron chi connectivity index (χ0n) is 70.0. The Bertz CT molecular complexity index is 4930. The van der Waals surface area contributed by atoms with Crippen molar-refractivity contribution in [3.63, 3.8) is 0 Å². The second kappa shape index (κ2) is 58.8. The van der Waals surface area contributed by atoms with E-state index in [4.69, 9.17) is 96.5 Å². The van der Waals surface area contributed by atoms with Crippen LogP contribution in [0.2, 0.25) is 35.4 Å².